The third-order valence-electron chi connectivity index (χ3n) is 5.16. The quantitative estimate of drug-likeness (QED) is 0.335. The van der Waals surface area contributed by atoms with Crippen LogP contribution in [-0.2, 0) is 0 Å². The molecule has 1 aromatic carbocycles. The Hall–Kier alpha value is -2.10. The summed E-state index contributed by atoms with van der Waals surface area (Å²) in [5, 5.41) is 10.0. The molecule has 154 valence electrons. The first-order chi connectivity index (χ1) is 13.7. The number of aromatic carboxylic acids is 1. The van der Waals surface area contributed by atoms with Crippen molar-refractivity contribution in [3.63, 3.8) is 0 Å². The van der Waals surface area contributed by atoms with Gasteiger partial charge in [0.25, 0.3) is 0 Å². The molecule has 0 amide bonds. The molecule has 0 unspecified atom stereocenters. The molecule has 0 spiro atoms. The number of rotatable bonds is 15. The molecule has 4 heteroatoms. The van der Waals surface area contributed by atoms with Crippen molar-refractivity contribution in [2.45, 2.75) is 84.0 Å². The van der Waals surface area contributed by atoms with Gasteiger partial charge in [-0.1, -0.05) is 95.8 Å². The number of carboxylic acids is 1. The van der Waals surface area contributed by atoms with Gasteiger partial charge in [-0.3, -0.25) is 0 Å². The summed E-state index contributed by atoms with van der Waals surface area (Å²) in [4.78, 5) is 15.4. The summed E-state index contributed by atoms with van der Waals surface area (Å²) in [6, 6.07) is 9.01. The largest absolute Gasteiger partial charge is 0.491 e. The zero-order chi connectivity index (χ0) is 20.0. The summed E-state index contributed by atoms with van der Waals surface area (Å²) in [6.45, 7) is 2.91. The van der Waals surface area contributed by atoms with E-state index >= 15 is 0 Å². The second-order valence-electron chi connectivity index (χ2n) is 7.57. The fourth-order valence-corrected chi connectivity index (χ4v) is 3.48. The van der Waals surface area contributed by atoms with Gasteiger partial charge in [-0.2, -0.15) is 0 Å². The zero-order valence-electron chi connectivity index (χ0n) is 17.3. The minimum absolute atomic E-state index is 0.0499. The van der Waals surface area contributed by atoms with Crippen LogP contribution >= 0.6 is 0 Å². The molecule has 1 N–H and O–H groups in total. The summed E-state index contributed by atoms with van der Waals surface area (Å²) in [5.41, 5.74) is 0.676. The predicted octanol–water partition coefficient (Wildman–Crippen LogP) is 7.01. The molecule has 0 atom stereocenters. The monoisotopic (exact) mass is 385 g/mol. The highest BCUT2D eigenvalue weighted by Crippen LogP contribution is 2.24. The smallest absolute Gasteiger partial charge is 0.354 e. The lowest BCUT2D eigenvalue weighted by atomic mass is 10.1. The van der Waals surface area contributed by atoms with Crippen LogP contribution in [0.1, 0.15) is 94.5 Å². The molecule has 4 nitrogen and oxygen atoms in total. The van der Waals surface area contributed by atoms with E-state index in [4.69, 9.17) is 9.84 Å². The standard InChI is InChI=1S/C24H35NO3/c1-2-3-4-5-6-7-8-9-10-11-12-13-19-28-22-16-14-15-20-17-18-21(24(26)27)25-23(20)22/h14-18H,2-13,19H2,1H3,(H,26,27). The molecule has 2 rings (SSSR count). The SMILES string of the molecule is CCCCCCCCCCCCCCOc1cccc2ccc(C(=O)O)nc12. The molecule has 0 saturated carbocycles. The lowest BCUT2D eigenvalue weighted by molar-refractivity contribution is 0.0691. The van der Waals surface area contributed by atoms with Crippen LogP contribution in [0.15, 0.2) is 30.3 Å². The third-order valence-corrected chi connectivity index (χ3v) is 5.16. The van der Waals surface area contributed by atoms with Crippen LogP contribution in [0.4, 0.5) is 0 Å². The number of para-hydroxylation sites is 1. The van der Waals surface area contributed by atoms with Crippen molar-refractivity contribution in [1.82, 2.24) is 4.98 Å². The molecular weight excluding hydrogens is 350 g/mol. The summed E-state index contributed by atoms with van der Waals surface area (Å²) in [6.07, 6.45) is 15.8. The Balaban J connectivity index is 1.59. The van der Waals surface area contributed by atoms with Crippen molar-refractivity contribution in [3.8, 4) is 5.75 Å². The summed E-state index contributed by atoms with van der Waals surface area (Å²) >= 11 is 0. The van der Waals surface area contributed by atoms with Gasteiger partial charge >= 0.3 is 5.97 Å². The van der Waals surface area contributed by atoms with Gasteiger partial charge in [-0.15, -0.1) is 0 Å². The van der Waals surface area contributed by atoms with E-state index in [9.17, 15) is 4.79 Å². The summed E-state index contributed by atoms with van der Waals surface area (Å²) in [7, 11) is 0. The van der Waals surface area contributed by atoms with Crippen LogP contribution in [0.2, 0.25) is 0 Å². The molecular formula is C24H35NO3. The van der Waals surface area contributed by atoms with E-state index in [0.29, 0.717) is 17.9 Å². The average molecular weight is 386 g/mol. The Morgan fingerprint density at radius 3 is 2.07 bits per heavy atom. The molecule has 0 aliphatic rings. The molecule has 0 radical (unpaired) electrons. The number of hydrogen-bond acceptors (Lipinski definition) is 3. The Kier molecular flexibility index (Phi) is 10.4. The van der Waals surface area contributed by atoms with Crippen molar-refractivity contribution < 1.29 is 14.6 Å². The maximum Gasteiger partial charge on any atom is 0.354 e. The molecule has 0 aliphatic heterocycles. The minimum Gasteiger partial charge on any atom is -0.491 e. The second-order valence-corrected chi connectivity index (χ2v) is 7.57. The molecule has 2 aromatic rings. The van der Waals surface area contributed by atoms with Crippen LogP contribution < -0.4 is 4.74 Å². The van der Waals surface area contributed by atoms with Crippen molar-refractivity contribution in [3.05, 3.63) is 36.0 Å². The van der Waals surface area contributed by atoms with Gasteiger partial charge in [0.2, 0.25) is 0 Å². The zero-order valence-corrected chi connectivity index (χ0v) is 17.3. The van der Waals surface area contributed by atoms with E-state index in [2.05, 4.69) is 11.9 Å². The van der Waals surface area contributed by atoms with Crippen LogP contribution in [-0.4, -0.2) is 22.7 Å². The van der Waals surface area contributed by atoms with E-state index in [1.807, 2.05) is 18.2 Å². The van der Waals surface area contributed by atoms with Crippen LogP contribution in [0.5, 0.6) is 5.75 Å². The Bertz CT molecular complexity index is 714. The number of aromatic nitrogens is 1. The first-order valence-corrected chi connectivity index (χ1v) is 11.0. The van der Waals surface area contributed by atoms with E-state index < -0.39 is 5.97 Å². The number of unbranched alkanes of at least 4 members (excludes halogenated alkanes) is 11. The van der Waals surface area contributed by atoms with E-state index in [0.717, 1.165) is 11.8 Å². The maximum absolute atomic E-state index is 11.1. The Morgan fingerprint density at radius 1 is 0.857 bits per heavy atom. The first kappa shape index (κ1) is 22.2. The number of nitrogens with zero attached hydrogens (tertiary/aromatic N) is 1. The van der Waals surface area contributed by atoms with Gasteiger partial charge in [-0.05, 0) is 18.6 Å². The Labute approximate surface area is 169 Å². The molecule has 0 bridgehead atoms. The van der Waals surface area contributed by atoms with E-state index in [1.54, 1.807) is 6.07 Å². The highest BCUT2D eigenvalue weighted by Gasteiger charge is 2.09. The fraction of sp³-hybridized carbons (Fsp3) is 0.583. The summed E-state index contributed by atoms with van der Waals surface area (Å²) in [5.74, 6) is -0.346. The Morgan fingerprint density at radius 2 is 1.46 bits per heavy atom. The molecule has 1 heterocycles. The normalized spacial score (nSPS) is 11.0. The highest BCUT2D eigenvalue weighted by atomic mass is 16.5. The maximum atomic E-state index is 11.1. The molecule has 0 aliphatic carbocycles. The molecule has 1 aromatic heterocycles. The number of fused-ring (bicyclic) bond motifs is 1. The topological polar surface area (TPSA) is 59.4 Å². The van der Waals surface area contributed by atoms with E-state index in [-0.39, 0.29) is 5.69 Å². The number of carboxylic acid groups (broad SMARTS) is 1. The van der Waals surface area contributed by atoms with Crippen molar-refractivity contribution in [2.24, 2.45) is 0 Å². The van der Waals surface area contributed by atoms with E-state index in [1.165, 1.54) is 76.7 Å². The predicted molar refractivity (Wildman–Crippen MR) is 115 cm³/mol. The molecule has 28 heavy (non-hydrogen) atoms. The summed E-state index contributed by atoms with van der Waals surface area (Å²) < 4.78 is 5.89. The van der Waals surface area contributed by atoms with Crippen molar-refractivity contribution in [1.29, 1.82) is 0 Å². The lowest BCUT2D eigenvalue weighted by Gasteiger charge is -2.09. The van der Waals surface area contributed by atoms with Gasteiger partial charge in [0.15, 0.2) is 0 Å². The number of hydrogen-bond donors (Lipinski definition) is 1. The highest BCUT2D eigenvalue weighted by molar-refractivity contribution is 5.91. The van der Waals surface area contributed by atoms with Gasteiger partial charge in [0, 0.05) is 5.39 Å². The first-order valence-electron chi connectivity index (χ1n) is 11.0. The van der Waals surface area contributed by atoms with Gasteiger partial charge < -0.3 is 9.84 Å². The van der Waals surface area contributed by atoms with Gasteiger partial charge in [0.1, 0.15) is 17.0 Å². The van der Waals surface area contributed by atoms with Crippen molar-refractivity contribution >= 4 is 16.9 Å². The number of pyridine rings is 1. The molecule has 0 saturated heterocycles. The minimum atomic E-state index is -1.02. The van der Waals surface area contributed by atoms with Crippen LogP contribution in [0.25, 0.3) is 10.9 Å². The second kappa shape index (κ2) is 13.1. The van der Waals surface area contributed by atoms with Crippen molar-refractivity contribution in [2.75, 3.05) is 6.61 Å². The number of benzene rings is 1. The lowest BCUT2D eigenvalue weighted by Crippen LogP contribution is -2.02. The van der Waals surface area contributed by atoms with Crippen LogP contribution in [0.3, 0.4) is 0 Å². The number of ether oxygens (including phenoxy) is 1. The molecule has 0 fully saturated rings. The van der Waals surface area contributed by atoms with Gasteiger partial charge in [-0.25, -0.2) is 9.78 Å². The third kappa shape index (κ3) is 7.87. The fourth-order valence-electron chi connectivity index (χ4n) is 3.48. The van der Waals surface area contributed by atoms with Crippen LogP contribution in [0, 0.1) is 0 Å². The number of carbonyl (C=O) groups is 1. The average Bonchev–Trinajstić information content (AvgIpc) is 2.71. The van der Waals surface area contributed by atoms with Gasteiger partial charge in [0.05, 0.1) is 6.61 Å².